The van der Waals surface area contributed by atoms with Crippen LogP contribution in [0.2, 0.25) is 0 Å². The summed E-state index contributed by atoms with van der Waals surface area (Å²) in [5.41, 5.74) is 2.90. The molecular weight excluding hydrogens is 254 g/mol. The van der Waals surface area contributed by atoms with Crippen molar-refractivity contribution in [3.8, 4) is 29.0 Å². The van der Waals surface area contributed by atoms with Gasteiger partial charge in [0, 0.05) is 11.8 Å². The van der Waals surface area contributed by atoms with E-state index < -0.39 is 0 Å². The molecular formula is C14H9N5O. The summed E-state index contributed by atoms with van der Waals surface area (Å²) in [5.74, 6) is 0.812. The Labute approximate surface area is 114 Å². The van der Waals surface area contributed by atoms with Gasteiger partial charge >= 0.3 is 0 Å². The van der Waals surface area contributed by atoms with E-state index in [9.17, 15) is 0 Å². The van der Waals surface area contributed by atoms with E-state index in [4.69, 9.17) is 9.78 Å². The number of nitriles is 1. The quantitative estimate of drug-likeness (QED) is 0.705. The molecule has 6 heteroatoms. The predicted octanol–water partition coefficient (Wildman–Crippen LogP) is 2.37. The maximum atomic E-state index is 8.86. The number of rotatable bonds is 2. The molecule has 20 heavy (non-hydrogen) atoms. The molecule has 0 radical (unpaired) electrons. The Balaban J connectivity index is 2.01. The Hall–Kier alpha value is -3.07. The van der Waals surface area contributed by atoms with Crippen LogP contribution in [0, 0.1) is 18.3 Å². The minimum absolute atomic E-state index is 0.403. The van der Waals surface area contributed by atoms with Crippen molar-refractivity contribution in [2.24, 2.45) is 0 Å². The van der Waals surface area contributed by atoms with Gasteiger partial charge in [-0.1, -0.05) is 5.16 Å². The van der Waals surface area contributed by atoms with E-state index in [0.717, 1.165) is 11.1 Å². The molecule has 3 rings (SSSR count). The van der Waals surface area contributed by atoms with Crippen LogP contribution in [0.25, 0.3) is 23.0 Å². The standard InChI is InChI=1S/C14H9N5O/c1-9-6-10(7-15)2-3-11(9)14-18-13(19-20-14)12-4-5-16-8-17-12/h2-6,8H,1H3. The van der Waals surface area contributed by atoms with Crippen molar-refractivity contribution >= 4 is 0 Å². The van der Waals surface area contributed by atoms with Gasteiger partial charge in [0.2, 0.25) is 5.82 Å². The van der Waals surface area contributed by atoms with Crippen LogP contribution in [-0.4, -0.2) is 20.1 Å². The summed E-state index contributed by atoms with van der Waals surface area (Å²) in [7, 11) is 0. The molecule has 1 aromatic carbocycles. The second-order valence-electron chi connectivity index (χ2n) is 4.16. The Morgan fingerprint density at radius 3 is 2.85 bits per heavy atom. The third-order valence-electron chi connectivity index (χ3n) is 2.82. The van der Waals surface area contributed by atoms with Crippen LogP contribution in [0.5, 0.6) is 0 Å². The first-order valence-electron chi connectivity index (χ1n) is 5.89. The van der Waals surface area contributed by atoms with Crippen LogP contribution in [0.3, 0.4) is 0 Å². The summed E-state index contributed by atoms with van der Waals surface area (Å²) in [6, 6.07) is 9.10. The van der Waals surface area contributed by atoms with Gasteiger partial charge in [-0.15, -0.1) is 0 Å². The van der Waals surface area contributed by atoms with E-state index in [1.54, 1.807) is 30.5 Å². The fourth-order valence-electron chi connectivity index (χ4n) is 1.83. The number of aromatic nitrogens is 4. The summed E-state index contributed by atoms with van der Waals surface area (Å²) < 4.78 is 5.26. The zero-order chi connectivity index (χ0) is 13.9. The average molecular weight is 263 g/mol. The Morgan fingerprint density at radius 2 is 2.15 bits per heavy atom. The van der Waals surface area contributed by atoms with Crippen LogP contribution in [0.1, 0.15) is 11.1 Å². The third-order valence-corrected chi connectivity index (χ3v) is 2.82. The molecule has 3 aromatic rings. The molecule has 0 spiro atoms. The Bertz CT molecular complexity index is 789. The SMILES string of the molecule is Cc1cc(C#N)ccc1-c1nc(-c2ccncn2)no1. The molecule has 0 aliphatic heterocycles. The van der Waals surface area contributed by atoms with Crippen LogP contribution >= 0.6 is 0 Å². The van der Waals surface area contributed by atoms with Crippen LogP contribution in [0.15, 0.2) is 41.3 Å². The minimum atomic E-state index is 0.403. The zero-order valence-electron chi connectivity index (χ0n) is 10.6. The van der Waals surface area contributed by atoms with Gasteiger partial charge in [-0.05, 0) is 36.8 Å². The monoisotopic (exact) mass is 263 g/mol. The maximum Gasteiger partial charge on any atom is 0.258 e. The third kappa shape index (κ3) is 2.12. The van der Waals surface area contributed by atoms with Crippen molar-refractivity contribution in [3.63, 3.8) is 0 Å². The van der Waals surface area contributed by atoms with Crippen molar-refractivity contribution < 1.29 is 4.52 Å². The van der Waals surface area contributed by atoms with Gasteiger partial charge < -0.3 is 4.52 Å². The normalized spacial score (nSPS) is 10.2. The van der Waals surface area contributed by atoms with E-state index in [1.165, 1.54) is 6.33 Å². The predicted molar refractivity (Wildman–Crippen MR) is 70.2 cm³/mol. The molecule has 0 unspecified atom stereocenters. The lowest BCUT2D eigenvalue weighted by Crippen LogP contribution is -1.87. The first kappa shape index (κ1) is 12.0. The zero-order valence-corrected chi connectivity index (χ0v) is 10.6. The highest BCUT2D eigenvalue weighted by molar-refractivity contribution is 5.62. The molecule has 0 atom stereocenters. The lowest BCUT2D eigenvalue weighted by atomic mass is 10.1. The molecule has 0 aliphatic carbocycles. The average Bonchev–Trinajstić information content (AvgIpc) is 2.97. The van der Waals surface area contributed by atoms with E-state index in [0.29, 0.717) is 23.0 Å². The van der Waals surface area contributed by atoms with E-state index >= 15 is 0 Å². The topological polar surface area (TPSA) is 88.5 Å². The van der Waals surface area contributed by atoms with Gasteiger partial charge in [-0.25, -0.2) is 9.97 Å². The highest BCUT2D eigenvalue weighted by atomic mass is 16.5. The summed E-state index contributed by atoms with van der Waals surface area (Å²) in [6.45, 7) is 1.89. The van der Waals surface area contributed by atoms with Crippen molar-refractivity contribution in [2.45, 2.75) is 6.92 Å². The molecule has 0 aliphatic rings. The Morgan fingerprint density at radius 1 is 1.25 bits per heavy atom. The first-order valence-corrected chi connectivity index (χ1v) is 5.89. The second kappa shape index (κ2) is 4.90. The van der Waals surface area contributed by atoms with Gasteiger partial charge in [0.15, 0.2) is 0 Å². The lowest BCUT2D eigenvalue weighted by molar-refractivity contribution is 0.432. The molecule has 0 bridgehead atoms. The molecule has 0 fully saturated rings. The number of hydrogen-bond donors (Lipinski definition) is 0. The highest BCUT2D eigenvalue weighted by Crippen LogP contribution is 2.24. The first-order chi connectivity index (χ1) is 9.78. The van der Waals surface area contributed by atoms with Gasteiger partial charge in [0.05, 0.1) is 11.6 Å². The second-order valence-corrected chi connectivity index (χ2v) is 4.16. The van der Waals surface area contributed by atoms with Crippen LogP contribution in [0.4, 0.5) is 0 Å². The van der Waals surface area contributed by atoms with Crippen LogP contribution < -0.4 is 0 Å². The molecule has 0 saturated carbocycles. The van der Waals surface area contributed by atoms with Gasteiger partial charge in [0.1, 0.15) is 12.0 Å². The van der Waals surface area contributed by atoms with E-state index in [1.807, 2.05) is 6.92 Å². The number of hydrogen-bond acceptors (Lipinski definition) is 6. The largest absolute Gasteiger partial charge is 0.334 e. The summed E-state index contributed by atoms with van der Waals surface area (Å²) in [6.07, 6.45) is 3.05. The molecule has 96 valence electrons. The smallest absolute Gasteiger partial charge is 0.258 e. The van der Waals surface area contributed by atoms with Gasteiger partial charge in [0.25, 0.3) is 5.89 Å². The molecule has 0 N–H and O–H groups in total. The van der Waals surface area contributed by atoms with Crippen molar-refractivity contribution in [3.05, 3.63) is 47.9 Å². The lowest BCUT2D eigenvalue weighted by Gasteiger charge is -1.99. The van der Waals surface area contributed by atoms with Crippen molar-refractivity contribution in [1.29, 1.82) is 5.26 Å². The number of aryl methyl sites for hydroxylation is 1. The number of nitrogens with zero attached hydrogens (tertiary/aromatic N) is 5. The van der Waals surface area contributed by atoms with Gasteiger partial charge in [-0.2, -0.15) is 10.2 Å². The summed E-state index contributed by atoms with van der Waals surface area (Å²) in [4.78, 5) is 12.2. The van der Waals surface area contributed by atoms with Gasteiger partial charge in [-0.3, -0.25) is 0 Å². The maximum absolute atomic E-state index is 8.86. The molecule has 6 nitrogen and oxygen atoms in total. The fraction of sp³-hybridized carbons (Fsp3) is 0.0714. The van der Waals surface area contributed by atoms with Crippen molar-refractivity contribution in [2.75, 3.05) is 0 Å². The molecule has 0 amide bonds. The molecule has 2 heterocycles. The number of benzene rings is 1. The summed E-state index contributed by atoms with van der Waals surface area (Å²) in [5, 5.41) is 12.8. The minimum Gasteiger partial charge on any atom is -0.334 e. The highest BCUT2D eigenvalue weighted by Gasteiger charge is 2.13. The van der Waals surface area contributed by atoms with Crippen molar-refractivity contribution in [1.82, 2.24) is 20.1 Å². The molecule has 2 aromatic heterocycles. The van der Waals surface area contributed by atoms with E-state index in [2.05, 4.69) is 26.2 Å². The fourth-order valence-corrected chi connectivity index (χ4v) is 1.83. The summed E-state index contributed by atoms with van der Waals surface area (Å²) >= 11 is 0. The Kier molecular flexibility index (Phi) is 2.94. The molecule has 0 saturated heterocycles. The van der Waals surface area contributed by atoms with E-state index in [-0.39, 0.29) is 0 Å². The van der Waals surface area contributed by atoms with Crippen LogP contribution in [-0.2, 0) is 0 Å².